The van der Waals surface area contributed by atoms with Crippen molar-refractivity contribution in [2.24, 2.45) is 5.73 Å². The molecule has 0 aliphatic rings. The van der Waals surface area contributed by atoms with Crippen LogP contribution in [0.5, 0.6) is 0 Å². The van der Waals surface area contributed by atoms with Crippen LogP contribution in [-0.4, -0.2) is 5.11 Å². The van der Waals surface area contributed by atoms with Gasteiger partial charge in [-0.3, -0.25) is 0 Å². The van der Waals surface area contributed by atoms with Crippen molar-refractivity contribution in [1.29, 1.82) is 0 Å². The van der Waals surface area contributed by atoms with Gasteiger partial charge in [0.1, 0.15) is 0 Å². The fourth-order valence-electron chi connectivity index (χ4n) is 2.78. The highest BCUT2D eigenvalue weighted by Gasteiger charge is 2.11. The zero-order valence-corrected chi connectivity index (χ0v) is 15.1. The summed E-state index contributed by atoms with van der Waals surface area (Å²) < 4.78 is 0. The van der Waals surface area contributed by atoms with Gasteiger partial charge in [-0.05, 0) is 48.5 Å². The SMILES string of the molecule is CCCCCCC(Nc1ccc(NC(N)=S)cc1)c1ccccc1. The van der Waals surface area contributed by atoms with Crippen molar-refractivity contribution in [1.82, 2.24) is 0 Å². The monoisotopic (exact) mass is 341 g/mol. The Balaban J connectivity index is 2.02. The Bertz CT molecular complexity index is 611. The van der Waals surface area contributed by atoms with Gasteiger partial charge >= 0.3 is 0 Å². The second kappa shape index (κ2) is 9.93. The third-order valence-electron chi connectivity index (χ3n) is 4.04. The molecule has 4 N–H and O–H groups in total. The zero-order valence-electron chi connectivity index (χ0n) is 14.3. The van der Waals surface area contributed by atoms with E-state index in [2.05, 4.69) is 60.0 Å². The van der Waals surface area contributed by atoms with E-state index >= 15 is 0 Å². The molecule has 0 radical (unpaired) electrons. The van der Waals surface area contributed by atoms with Crippen molar-refractivity contribution in [2.45, 2.75) is 45.1 Å². The van der Waals surface area contributed by atoms with E-state index in [-0.39, 0.29) is 5.11 Å². The third-order valence-corrected chi connectivity index (χ3v) is 4.14. The van der Waals surface area contributed by atoms with Crippen LogP contribution in [0.2, 0.25) is 0 Å². The molecule has 0 spiro atoms. The molecule has 2 rings (SSSR count). The van der Waals surface area contributed by atoms with Gasteiger partial charge in [0.2, 0.25) is 0 Å². The Labute approximate surface area is 150 Å². The predicted octanol–water partition coefficient (Wildman–Crippen LogP) is 5.47. The van der Waals surface area contributed by atoms with Crippen molar-refractivity contribution in [2.75, 3.05) is 10.6 Å². The van der Waals surface area contributed by atoms with Gasteiger partial charge in [0.15, 0.2) is 5.11 Å². The average molecular weight is 342 g/mol. The minimum absolute atomic E-state index is 0.286. The first-order valence-corrected chi connectivity index (χ1v) is 9.08. The van der Waals surface area contributed by atoms with Crippen molar-refractivity contribution >= 4 is 28.7 Å². The summed E-state index contributed by atoms with van der Waals surface area (Å²) >= 11 is 4.86. The maximum Gasteiger partial charge on any atom is 0.168 e. The van der Waals surface area contributed by atoms with Crippen molar-refractivity contribution in [3.05, 3.63) is 60.2 Å². The Morgan fingerprint density at radius 1 is 0.958 bits per heavy atom. The molecule has 128 valence electrons. The molecule has 4 heteroatoms. The first-order chi connectivity index (χ1) is 11.7. The van der Waals surface area contributed by atoms with Crippen LogP contribution in [0, 0.1) is 0 Å². The van der Waals surface area contributed by atoms with Crippen LogP contribution in [-0.2, 0) is 0 Å². The van der Waals surface area contributed by atoms with Crippen LogP contribution in [0.1, 0.15) is 50.6 Å². The predicted molar refractivity (Wildman–Crippen MR) is 108 cm³/mol. The molecule has 2 aromatic rings. The molecule has 0 heterocycles. The molecule has 3 nitrogen and oxygen atoms in total. The fourth-order valence-corrected chi connectivity index (χ4v) is 2.89. The number of nitrogens with one attached hydrogen (secondary N) is 2. The van der Waals surface area contributed by atoms with Gasteiger partial charge in [-0.1, -0.05) is 62.9 Å². The van der Waals surface area contributed by atoms with Crippen LogP contribution >= 0.6 is 12.2 Å². The lowest BCUT2D eigenvalue weighted by atomic mass is 9.99. The normalized spacial score (nSPS) is 11.7. The molecule has 24 heavy (non-hydrogen) atoms. The standard InChI is InChI=1S/C20H27N3S/c1-2-3-4-8-11-19(16-9-6-5-7-10-16)22-17-12-14-18(15-13-17)23-20(21)24/h5-7,9-10,12-15,19,22H,2-4,8,11H2,1H3,(H3,21,23,24). The molecule has 0 saturated heterocycles. The van der Waals surface area contributed by atoms with Gasteiger partial charge in [-0.2, -0.15) is 0 Å². The summed E-state index contributed by atoms with van der Waals surface area (Å²) in [4.78, 5) is 0. The third kappa shape index (κ3) is 6.20. The summed E-state index contributed by atoms with van der Waals surface area (Å²) in [6, 6.07) is 19.1. The highest BCUT2D eigenvalue weighted by molar-refractivity contribution is 7.80. The lowest BCUT2D eigenvalue weighted by Gasteiger charge is -2.21. The number of hydrogen-bond donors (Lipinski definition) is 3. The molecule has 1 atom stereocenters. The summed E-state index contributed by atoms with van der Waals surface area (Å²) in [7, 11) is 0. The zero-order chi connectivity index (χ0) is 17.2. The molecule has 0 aliphatic carbocycles. The largest absolute Gasteiger partial charge is 0.378 e. The van der Waals surface area contributed by atoms with E-state index < -0.39 is 0 Å². The fraction of sp³-hybridized carbons (Fsp3) is 0.350. The van der Waals surface area contributed by atoms with Crippen LogP contribution < -0.4 is 16.4 Å². The van der Waals surface area contributed by atoms with E-state index in [1.54, 1.807) is 0 Å². The van der Waals surface area contributed by atoms with Gasteiger partial charge in [-0.25, -0.2) is 0 Å². The number of thiocarbonyl (C=S) groups is 1. The maximum atomic E-state index is 5.50. The van der Waals surface area contributed by atoms with Crippen molar-refractivity contribution in [3.63, 3.8) is 0 Å². The van der Waals surface area contributed by atoms with Crippen LogP contribution in [0.3, 0.4) is 0 Å². The second-order valence-corrected chi connectivity index (χ2v) is 6.46. The number of benzene rings is 2. The minimum atomic E-state index is 0.286. The first-order valence-electron chi connectivity index (χ1n) is 8.67. The van der Waals surface area contributed by atoms with Crippen molar-refractivity contribution in [3.8, 4) is 0 Å². The summed E-state index contributed by atoms with van der Waals surface area (Å²) in [6.45, 7) is 2.25. The van der Waals surface area contributed by atoms with Gasteiger partial charge in [0.05, 0.1) is 6.04 Å². The summed E-state index contributed by atoms with van der Waals surface area (Å²) in [5.74, 6) is 0. The first kappa shape index (κ1) is 18.3. The Morgan fingerprint density at radius 3 is 2.25 bits per heavy atom. The number of rotatable bonds is 9. The summed E-state index contributed by atoms with van der Waals surface area (Å²) in [5.41, 5.74) is 8.85. The number of hydrogen-bond acceptors (Lipinski definition) is 2. The summed E-state index contributed by atoms with van der Waals surface area (Å²) in [6.07, 6.45) is 6.23. The van der Waals surface area contributed by atoms with E-state index in [1.807, 2.05) is 12.1 Å². The smallest absolute Gasteiger partial charge is 0.168 e. The number of anilines is 2. The molecule has 0 amide bonds. The second-order valence-electron chi connectivity index (χ2n) is 6.02. The topological polar surface area (TPSA) is 50.1 Å². The van der Waals surface area contributed by atoms with Gasteiger partial charge < -0.3 is 16.4 Å². The van der Waals surface area contributed by atoms with Crippen LogP contribution in [0.15, 0.2) is 54.6 Å². The van der Waals surface area contributed by atoms with E-state index in [0.717, 1.165) is 17.8 Å². The van der Waals surface area contributed by atoms with E-state index in [1.165, 1.54) is 31.2 Å². The number of unbranched alkanes of at least 4 members (excludes halogenated alkanes) is 3. The summed E-state index contributed by atoms with van der Waals surface area (Å²) in [5, 5.41) is 6.89. The lowest BCUT2D eigenvalue weighted by Crippen LogP contribution is -2.18. The van der Waals surface area contributed by atoms with Crippen LogP contribution in [0.4, 0.5) is 11.4 Å². The molecule has 0 fully saturated rings. The Kier molecular flexibility index (Phi) is 7.56. The molecule has 0 aromatic heterocycles. The number of nitrogens with two attached hydrogens (primary N) is 1. The van der Waals surface area contributed by atoms with Crippen LogP contribution in [0.25, 0.3) is 0 Å². The van der Waals surface area contributed by atoms with Gasteiger partial charge in [0, 0.05) is 11.4 Å². The molecule has 2 aromatic carbocycles. The molecular formula is C20H27N3S. The van der Waals surface area contributed by atoms with E-state index in [4.69, 9.17) is 18.0 Å². The molecule has 0 aliphatic heterocycles. The molecule has 1 unspecified atom stereocenters. The Morgan fingerprint density at radius 2 is 1.62 bits per heavy atom. The maximum absolute atomic E-state index is 5.50. The lowest BCUT2D eigenvalue weighted by molar-refractivity contribution is 0.587. The highest BCUT2D eigenvalue weighted by Crippen LogP contribution is 2.26. The highest BCUT2D eigenvalue weighted by atomic mass is 32.1. The molecule has 0 saturated carbocycles. The quantitative estimate of drug-likeness (QED) is 0.418. The average Bonchev–Trinajstić information content (AvgIpc) is 2.59. The van der Waals surface area contributed by atoms with Crippen molar-refractivity contribution < 1.29 is 0 Å². The van der Waals surface area contributed by atoms with E-state index in [0.29, 0.717) is 6.04 Å². The molecule has 0 bridgehead atoms. The Hall–Kier alpha value is -2.07. The van der Waals surface area contributed by atoms with Gasteiger partial charge in [-0.15, -0.1) is 0 Å². The van der Waals surface area contributed by atoms with E-state index in [9.17, 15) is 0 Å². The minimum Gasteiger partial charge on any atom is -0.378 e. The molecular weight excluding hydrogens is 314 g/mol. The van der Waals surface area contributed by atoms with Gasteiger partial charge in [0.25, 0.3) is 0 Å².